The molecule has 0 saturated carbocycles. The van der Waals surface area contributed by atoms with Crippen LogP contribution in [0.15, 0.2) is 103 Å². The van der Waals surface area contributed by atoms with Gasteiger partial charge in [-0.1, -0.05) is 66.2 Å². The van der Waals surface area contributed by atoms with Gasteiger partial charge < -0.3 is 19.9 Å². The first-order chi connectivity index (χ1) is 18.6. The Morgan fingerprint density at radius 3 is 2.16 bits per heavy atom. The van der Waals surface area contributed by atoms with E-state index in [1.54, 1.807) is 24.3 Å². The zero-order valence-electron chi connectivity index (χ0n) is 20.8. The number of benzene rings is 4. The molecular weight excluding hydrogens is 498 g/mol. The first-order valence-electron chi connectivity index (χ1n) is 12.5. The van der Waals surface area contributed by atoms with Gasteiger partial charge in [0.1, 0.15) is 12.4 Å². The lowest BCUT2D eigenvalue weighted by atomic mass is 10.1. The molecule has 0 unspecified atom stereocenters. The predicted octanol–water partition coefficient (Wildman–Crippen LogP) is 6.13. The summed E-state index contributed by atoms with van der Waals surface area (Å²) in [4.78, 5) is 29.7. The van der Waals surface area contributed by atoms with Crippen LogP contribution in [-0.4, -0.2) is 42.9 Å². The minimum Gasteiger partial charge on any atom is -0.489 e. The summed E-state index contributed by atoms with van der Waals surface area (Å²) in [6.45, 7) is 3.02. The van der Waals surface area contributed by atoms with E-state index in [4.69, 9.17) is 16.3 Å². The third-order valence-electron chi connectivity index (χ3n) is 6.48. The summed E-state index contributed by atoms with van der Waals surface area (Å²) in [5, 5.41) is 3.47. The second kappa shape index (κ2) is 11.8. The largest absolute Gasteiger partial charge is 0.489 e. The molecule has 1 aliphatic heterocycles. The number of hydrogen-bond donors (Lipinski definition) is 1. The fourth-order valence-corrected chi connectivity index (χ4v) is 4.73. The molecule has 1 saturated heterocycles. The summed E-state index contributed by atoms with van der Waals surface area (Å²) in [5.41, 5.74) is 3.74. The van der Waals surface area contributed by atoms with Gasteiger partial charge in [-0.05, 0) is 54.1 Å². The van der Waals surface area contributed by atoms with Crippen molar-refractivity contribution >= 4 is 34.8 Å². The van der Waals surface area contributed by atoms with Crippen LogP contribution < -0.4 is 15.0 Å². The average Bonchev–Trinajstić information content (AvgIpc) is 2.97. The van der Waals surface area contributed by atoms with E-state index in [-0.39, 0.29) is 11.8 Å². The Kier molecular flexibility index (Phi) is 7.90. The number of carbonyl (C=O) groups excluding carboxylic acids is 2. The van der Waals surface area contributed by atoms with E-state index < -0.39 is 0 Å². The standard InChI is InChI=1S/C31H28ClN3O3/c32-28-21-26(33-30(36)25-12-7-13-27(20-25)38-22-23-8-3-1-4-9-23)14-15-29(28)34-16-18-35(19-17-34)31(37)24-10-5-2-6-11-24/h1-15,20-21H,16-19,22H2,(H,33,36). The minimum atomic E-state index is -0.244. The van der Waals surface area contributed by atoms with Gasteiger partial charge >= 0.3 is 0 Å². The van der Waals surface area contributed by atoms with Crippen molar-refractivity contribution in [2.75, 3.05) is 36.4 Å². The first kappa shape index (κ1) is 25.4. The number of ether oxygens (including phenoxy) is 1. The number of amides is 2. The highest BCUT2D eigenvalue weighted by Crippen LogP contribution is 2.30. The van der Waals surface area contributed by atoms with Gasteiger partial charge in [-0.25, -0.2) is 0 Å². The van der Waals surface area contributed by atoms with Crippen LogP contribution >= 0.6 is 11.6 Å². The van der Waals surface area contributed by atoms with E-state index in [9.17, 15) is 9.59 Å². The number of piperazine rings is 1. The molecule has 38 heavy (non-hydrogen) atoms. The second-order valence-corrected chi connectivity index (χ2v) is 9.47. The van der Waals surface area contributed by atoms with Gasteiger partial charge in [0.05, 0.1) is 10.7 Å². The van der Waals surface area contributed by atoms with Crippen molar-refractivity contribution in [1.29, 1.82) is 0 Å². The monoisotopic (exact) mass is 525 g/mol. The summed E-state index contributed by atoms with van der Waals surface area (Å²) < 4.78 is 5.85. The summed E-state index contributed by atoms with van der Waals surface area (Å²) in [6, 6.07) is 31.8. The van der Waals surface area contributed by atoms with Crippen molar-refractivity contribution < 1.29 is 14.3 Å². The zero-order chi connectivity index (χ0) is 26.3. The number of anilines is 2. The van der Waals surface area contributed by atoms with Gasteiger partial charge in [0.15, 0.2) is 0 Å². The first-order valence-corrected chi connectivity index (χ1v) is 12.9. The number of nitrogens with one attached hydrogen (secondary N) is 1. The molecular formula is C31H28ClN3O3. The molecule has 4 aromatic carbocycles. The molecule has 0 atom stereocenters. The highest BCUT2D eigenvalue weighted by molar-refractivity contribution is 6.33. The lowest BCUT2D eigenvalue weighted by Crippen LogP contribution is -2.48. The molecule has 4 aromatic rings. The Labute approximate surface area is 227 Å². The Hall–Kier alpha value is -4.29. The molecule has 1 heterocycles. The smallest absolute Gasteiger partial charge is 0.255 e. The Bertz CT molecular complexity index is 1400. The van der Waals surface area contributed by atoms with Crippen molar-refractivity contribution in [1.82, 2.24) is 4.90 Å². The number of hydrogen-bond acceptors (Lipinski definition) is 4. The maximum absolute atomic E-state index is 12.9. The van der Waals surface area contributed by atoms with Crippen LogP contribution in [0.25, 0.3) is 0 Å². The van der Waals surface area contributed by atoms with Crippen LogP contribution in [0, 0.1) is 0 Å². The lowest BCUT2D eigenvalue weighted by molar-refractivity contribution is 0.0746. The van der Waals surface area contributed by atoms with Gasteiger partial charge in [-0.3, -0.25) is 9.59 Å². The van der Waals surface area contributed by atoms with Crippen molar-refractivity contribution in [3.63, 3.8) is 0 Å². The fourth-order valence-electron chi connectivity index (χ4n) is 4.43. The van der Waals surface area contributed by atoms with Gasteiger partial charge in [-0.15, -0.1) is 0 Å². The number of carbonyl (C=O) groups is 2. The molecule has 0 spiro atoms. The molecule has 5 rings (SSSR count). The average molecular weight is 526 g/mol. The summed E-state index contributed by atoms with van der Waals surface area (Å²) in [6.07, 6.45) is 0. The molecule has 2 amide bonds. The topological polar surface area (TPSA) is 61.9 Å². The highest BCUT2D eigenvalue weighted by atomic mass is 35.5. The van der Waals surface area contributed by atoms with Gasteiger partial charge in [0.2, 0.25) is 0 Å². The second-order valence-electron chi connectivity index (χ2n) is 9.07. The Morgan fingerprint density at radius 2 is 1.45 bits per heavy atom. The van der Waals surface area contributed by atoms with Crippen molar-refractivity contribution in [3.8, 4) is 5.75 Å². The molecule has 7 heteroatoms. The fraction of sp³-hybridized carbons (Fsp3) is 0.161. The van der Waals surface area contributed by atoms with Crippen molar-refractivity contribution in [3.05, 3.63) is 125 Å². The molecule has 0 radical (unpaired) electrons. The third kappa shape index (κ3) is 6.15. The Balaban J connectivity index is 1.17. The third-order valence-corrected chi connectivity index (χ3v) is 6.78. The molecule has 1 aliphatic rings. The van der Waals surface area contributed by atoms with Crippen LogP contribution in [0.5, 0.6) is 5.75 Å². The maximum Gasteiger partial charge on any atom is 0.255 e. The molecule has 0 aromatic heterocycles. The Morgan fingerprint density at radius 1 is 0.763 bits per heavy atom. The zero-order valence-corrected chi connectivity index (χ0v) is 21.6. The highest BCUT2D eigenvalue weighted by Gasteiger charge is 2.23. The van der Waals surface area contributed by atoms with E-state index in [0.29, 0.717) is 60.4 Å². The molecule has 6 nitrogen and oxygen atoms in total. The van der Waals surface area contributed by atoms with Crippen LogP contribution in [0.3, 0.4) is 0 Å². The number of rotatable bonds is 7. The molecule has 192 valence electrons. The van der Waals surface area contributed by atoms with E-state index in [1.165, 1.54) is 0 Å². The van der Waals surface area contributed by atoms with Crippen LogP contribution in [0.4, 0.5) is 11.4 Å². The number of halogens is 1. The summed E-state index contributed by atoms with van der Waals surface area (Å²) in [7, 11) is 0. The lowest BCUT2D eigenvalue weighted by Gasteiger charge is -2.36. The van der Waals surface area contributed by atoms with Gasteiger partial charge in [0.25, 0.3) is 11.8 Å². The van der Waals surface area contributed by atoms with Crippen molar-refractivity contribution in [2.24, 2.45) is 0 Å². The van der Waals surface area contributed by atoms with Crippen LogP contribution in [-0.2, 0) is 6.61 Å². The predicted molar refractivity (Wildman–Crippen MR) is 151 cm³/mol. The van der Waals surface area contributed by atoms with Crippen LogP contribution in [0.1, 0.15) is 26.3 Å². The normalized spacial score (nSPS) is 13.2. The van der Waals surface area contributed by atoms with E-state index in [2.05, 4.69) is 10.2 Å². The maximum atomic E-state index is 12.9. The SMILES string of the molecule is O=C(Nc1ccc(N2CCN(C(=O)c3ccccc3)CC2)c(Cl)c1)c1cccc(OCc2ccccc2)c1. The van der Waals surface area contributed by atoms with Crippen molar-refractivity contribution in [2.45, 2.75) is 6.61 Å². The molecule has 0 bridgehead atoms. The van der Waals surface area contributed by atoms with Gasteiger partial charge in [-0.2, -0.15) is 0 Å². The summed E-state index contributed by atoms with van der Waals surface area (Å²) in [5.74, 6) is 0.427. The quantitative estimate of drug-likeness (QED) is 0.315. The van der Waals surface area contributed by atoms with E-state index in [1.807, 2.05) is 83.8 Å². The van der Waals surface area contributed by atoms with E-state index in [0.717, 1.165) is 11.3 Å². The molecule has 0 aliphatic carbocycles. The number of nitrogens with zero attached hydrogens (tertiary/aromatic N) is 2. The summed E-state index contributed by atoms with van der Waals surface area (Å²) >= 11 is 6.62. The van der Waals surface area contributed by atoms with Crippen LogP contribution in [0.2, 0.25) is 5.02 Å². The van der Waals surface area contributed by atoms with E-state index >= 15 is 0 Å². The van der Waals surface area contributed by atoms with Gasteiger partial charge in [0, 0.05) is 43.0 Å². The minimum absolute atomic E-state index is 0.0453. The molecule has 1 N–H and O–H groups in total. The molecule has 1 fully saturated rings.